The smallest absolute Gasteiger partial charge is 0.328 e. The number of carbonyl (C=O) groups excluding carboxylic acids is 1. The molecule has 0 spiro atoms. The molecule has 1 aromatic rings. The average molecular weight is 261 g/mol. The molecule has 1 aromatic carbocycles. The van der Waals surface area contributed by atoms with Crippen molar-refractivity contribution < 1.29 is 14.7 Å². The molecule has 102 valence electrons. The van der Waals surface area contributed by atoms with E-state index < -0.39 is 11.9 Å². The van der Waals surface area contributed by atoms with Gasteiger partial charge in [0.05, 0.1) is 0 Å². The van der Waals surface area contributed by atoms with Gasteiger partial charge in [-0.1, -0.05) is 31.5 Å². The fourth-order valence-corrected chi connectivity index (χ4v) is 1.79. The summed E-state index contributed by atoms with van der Waals surface area (Å²) in [7, 11) is 0. The summed E-state index contributed by atoms with van der Waals surface area (Å²) in [5.41, 5.74) is 2.85. The molecule has 4 nitrogen and oxygen atoms in total. The normalized spacial score (nSPS) is 10.6. The van der Waals surface area contributed by atoms with Gasteiger partial charge >= 0.3 is 5.97 Å². The van der Waals surface area contributed by atoms with E-state index in [9.17, 15) is 9.59 Å². The van der Waals surface area contributed by atoms with Crippen molar-refractivity contribution in [2.24, 2.45) is 0 Å². The maximum absolute atomic E-state index is 11.6. The van der Waals surface area contributed by atoms with E-state index in [4.69, 9.17) is 5.11 Å². The topological polar surface area (TPSA) is 66.4 Å². The third-order valence-corrected chi connectivity index (χ3v) is 2.78. The third kappa shape index (κ3) is 4.95. The van der Waals surface area contributed by atoms with Crippen LogP contribution in [0.15, 0.2) is 30.4 Å². The Bertz CT molecular complexity index is 492. The van der Waals surface area contributed by atoms with Gasteiger partial charge in [-0.2, -0.15) is 0 Å². The lowest BCUT2D eigenvalue weighted by Gasteiger charge is -2.12. The van der Waals surface area contributed by atoms with Crippen LogP contribution in [-0.4, -0.2) is 17.0 Å². The van der Waals surface area contributed by atoms with Gasteiger partial charge in [0.2, 0.25) is 5.91 Å². The van der Waals surface area contributed by atoms with Crippen LogP contribution in [-0.2, 0) is 16.0 Å². The quantitative estimate of drug-likeness (QED) is 0.774. The van der Waals surface area contributed by atoms with Crippen molar-refractivity contribution in [3.8, 4) is 0 Å². The summed E-state index contributed by atoms with van der Waals surface area (Å²) >= 11 is 0. The highest BCUT2D eigenvalue weighted by Gasteiger charge is 2.07. The molecule has 4 heteroatoms. The molecule has 0 aliphatic heterocycles. The fraction of sp³-hybridized carbons (Fsp3) is 0.333. The van der Waals surface area contributed by atoms with Gasteiger partial charge in [-0.15, -0.1) is 0 Å². The molecule has 0 radical (unpaired) electrons. The fourth-order valence-electron chi connectivity index (χ4n) is 1.79. The molecular weight excluding hydrogens is 242 g/mol. The number of rotatable bonds is 6. The van der Waals surface area contributed by atoms with Crippen LogP contribution in [0.5, 0.6) is 0 Å². The van der Waals surface area contributed by atoms with Gasteiger partial charge in [0.1, 0.15) is 0 Å². The van der Waals surface area contributed by atoms with Crippen LogP contribution < -0.4 is 5.32 Å². The number of unbranched alkanes of at least 4 members (excludes halogenated alkanes) is 1. The number of anilines is 1. The first-order valence-electron chi connectivity index (χ1n) is 6.35. The van der Waals surface area contributed by atoms with Crippen molar-refractivity contribution in [1.29, 1.82) is 0 Å². The van der Waals surface area contributed by atoms with Gasteiger partial charge in [-0.05, 0) is 30.9 Å². The molecule has 0 saturated carbocycles. The maximum Gasteiger partial charge on any atom is 0.328 e. The molecule has 0 saturated heterocycles. The second-order valence-corrected chi connectivity index (χ2v) is 4.37. The zero-order valence-electron chi connectivity index (χ0n) is 11.3. The van der Waals surface area contributed by atoms with E-state index in [0.717, 1.165) is 48.2 Å². The highest BCUT2D eigenvalue weighted by Crippen LogP contribution is 2.22. The second kappa shape index (κ2) is 7.36. The lowest BCUT2D eigenvalue weighted by Crippen LogP contribution is -2.12. The van der Waals surface area contributed by atoms with Gasteiger partial charge in [0.25, 0.3) is 0 Å². The predicted molar refractivity (Wildman–Crippen MR) is 75.2 cm³/mol. The Morgan fingerprint density at radius 2 is 2.05 bits per heavy atom. The molecule has 0 aliphatic rings. The Kier molecular flexibility index (Phi) is 5.79. The Labute approximate surface area is 113 Å². The molecule has 0 heterocycles. The maximum atomic E-state index is 11.6. The summed E-state index contributed by atoms with van der Waals surface area (Å²) in [6, 6.07) is 5.87. The predicted octanol–water partition coefficient (Wildman–Crippen LogP) is 2.92. The molecule has 0 aliphatic carbocycles. The van der Waals surface area contributed by atoms with Crippen LogP contribution in [0, 0.1) is 6.92 Å². The van der Waals surface area contributed by atoms with Gasteiger partial charge < -0.3 is 10.4 Å². The van der Waals surface area contributed by atoms with Gasteiger partial charge in [-0.25, -0.2) is 4.79 Å². The second-order valence-electron chi connectivity index (χ2n) is 4.37. The number of aryl methyl sites for hydroxylation is 2. The molecule has 19 heavy (non-hydrogen) atoms. The first-order valence-corrected chi connectivity index (χ1v) is 6.35. The van der Waals surface area contributed by atoms with Gasteiger partial charge in [0, 0.05) is 17.8 Å². The van der Waals surface area contributed by atoms with E-state index in [0.29, 0.717) is 0 Å². The van der Waals surface area contributed by atoms with Crippen LogP contribution in [0.25, 0.3) is 0 Å². The molecule has 2 N–H and O–H groups in total. The number of carboxylic acids is 1. The van der Waals surface area contributed by atoms with Crippen molar-refractivity contribution in [2.45, 2.75) is 33.1 Å². The summed E-state index contributed by atoms with van der Waals surface area (Å²) in [5, 5.41) is 11.2. The Morgan fingerprint density at radius 3 is 2.68 bits per heavy atom. The van der Waals surface area contributed by atoms with Crippen LogP contribution in [0.2, 0.25) is 0 Å². The van der Waals surface area contributed by atoms with Crippen molar-refractivity contribution in [3.05, 3.63) is 41.5 Å². The van der Waals surface area contributed by atoms with Crippen molar-refractivity contribution in [3.63, 3.8) is 0 Å². The highest BCUT2D eigenvalue weighted by molar-refractivity contribution is 6.03. The van der Waals surface area contributed by atoms with Crippen LogP contribution in [0.4, 0.5) is 5.69 Å². The number of carboxylic acid groups (broad SMARTS) is 1. The van der Waals surface area contributed by atoms with Crippen molar-refractivity contribution in [2.75, 3.05) is 5.32 Å². The molecule has 1 amide bonds. The Morgan fingerprint density at radius 1 is 1.32 bits per heavy atom. The van der Waals surface area contributed by atoms with Crippen molar-refractivity contribution >= 4 is 17.6 Å². The zero-order valence-corrected chi connectivity index (χ0v) is 11.3. The first-order chi connectivity index (χ1) is 9.04. The van der Waals surface area contributed by atoms with Crippen LogP contribution >= 0.6 is 0 Å². The number of para-hydroxylation sites is 1. The summed E-state index contributed by atoms with van der Waals surface area (Å²) in [6.45, 7) is 4.04. The average Bonchev–Trinajstić information content (AvgIpc) is 2.37. The minimum Gasteiger partial charge on any atom is -0.478 e. The van der Waals surface area contributed by atoms with E-state index in [-0.39, 0.29) is 0 Å². The van der Waals surface area contributed by atoms with E-state index in [1.54, 1.807) is 0 Å². The lowest BCUT2D eigenvalue weighted by molar-refractivity contribution is -0.131. The highest BCUT2D eigenvalue weighted by atomic mass is 16.4. The van der Waals surface area contributed by atoms with Gasteiger partial charge in [0.15, 0.2) is 0 Å². The number of benzene rings is 1. The minimum atomic E-state index is -1.13. The molecule has 1 rings (SSSR count). The van der Waals surface area contributed by atoms with Gasteiger partial charge in [-0.3, -0.25) is 4.79 Å². The number of aliphatic carboxylic acids is 1. The van der Waals surface area contributed by atoms with Crippen LogP contribution in [0.3, 0.4) is 0 Å². The van der Waals surface area contributed by atoms with Crippen molar-refractivity contribution in [1.82, 2.24) is 0 Å². The number of nitrogens with one attached hydrogen (secondary N) is 1. The number of carbonyl (C=O) groups is 2. The molecule has 0 bridgehead atoms. The monoisotopic (exact) mass is 261 g/mol. The van der Waals surface area contributed by atoms with E-state index in [1.807, 2.05) is 25.1 Å². The molecule has 0 fully saturated rings. The van der Waals surface area contributed by atoms with E-state index in [2.05, 4.69) is 12.2 Å². The summed E-state index contributed by atoms with van der Waals surface area (Å²) < 4.78 is 0. The number of hydrogen-bond acceptors (Lipinski definition) is 2. The largest absolute Gasteiger partial charge is 0.478 e. The van der Waals surface area contributed by atoms with E-state index in [1.165, 1.54) is 0 Å². The summed E-state index contributed by atoms with van der Waals surface area (Å²) in [4.78, 5) is 22.0. The lowest BCUT2D eigenvalue weighted by atomic mass is 10.0. The zero-order chi connectivity index (χ0) is 14.3. The molecular formula is C15H19NO3. The SMILES string of the molecule is CCCCc1cccc(C)c1NC(=O)C=CC(=O)O. The Balaban J connectivity index is 2.86. The molecule has 0 atom stereocenters. The summed E-state index contributed by atoms with van der Waals surface area (Å²) in [5.74, 6) is -1.56. The number of amides is 1. The molecule has 0 aromatic heterocycles. The molecule has 0 unspecified atom stereocenters. The standard InChI is InChI=1S/C15H19NO3/c1-3-4-7-12-8-5-6-11(2)15(12)16-13(17)9-10-14(18)19/h5-6,8-10H,3-4,7H2,1-2H3,(H,16,17)(H,18,19). The first kappa shape index (κ1) is 15.0. The van der Waals surface area contributed by atoms with E-state index >= 15 is 0 Å². The Hall–Kier alpha value is -2.10. The third-order valence-electron chi connectivity index (χ3n) is 2.78. The van der Waals surface area contributed by atoms with Crippen LogP contribution in [0.1, 0.15) is 30.9 Å². The minimum absolute atomic E-state index is 0.422. The number of hydrogen-bond donors (Lipinski definition) is 2. The summed E-state index contributed by atoms with van der Waals surface area (Å²) in [6.07, 6.45) is 4.89.